The smallest absolute Gasteiger partial charge is 0.231 e. The van der Waals surface area contributed by atoms with Crippen LogP contribution in [-0.4, -0.2) is 18.5 Å². The first-order valence-corrected chi connectivity index (χ1v) is 5.37. The van der Waals surface area contributed by atoms with E-state index >= 15 is 0 Å². The summed E-state index contributed by atoms with van der Waals surface area (Å²) < 4.78 is 16.1. The molecule has 0 fully saturated rings. The van der Waals surface area contributed by atoms with E-state index in [0.717, 1.165) is 5.56 Å². The molecule has 0 bridgehead atoms. The molecule has 1 heterocycles. The van der Waals surface area contributed by atoms with Gasteiger partial charge in [-0.2, -0.15) is 0 Å². The number of aliphatic hydroxyl groups excluding tert-OH is 1. The summed E-state index contributed by atoms with van der Waals surface area (Å²) in [5, 5.41) is 9.24. The molecule has 0 aliphatic carbocycles. The van der Waals surface area contributed by atoms with Gasteiger partial charge in [-0.1, -0.05) is 13.8 Å². The minimum atomic E-state index is -0.0654. The Balaban J connectivity index is 2.22. The van der Waals surface area contributed by atoms with Gasteiger partial charge in [-0.25, -0.2) is 0 Å². The Morgan fingerprint density at radius 2 is 2.00 bits per heavy atom. The van der Waals surface area contributed by atoms with Crippen LogP contribution in [-0.2, 0) is 6.61 Å². The lowest BCUT2D eigenvalue weighted by Gasteiger charge is -2.12. The Bertz CT molecular complexity index is 374. The van der Waals surface area contributed by atoms with Crippen molar-refractivity contribution in [3.63, 3.8) is 0 Å². The van der Waals surface area contributed by atoms with Crippen molar-refractivity contribution in [2.45, 2.75) is 20.5 Å². The van der Waals surface area contributed by atoms with E-state index in [1.807, 2.05) is 0 Å². The molecular formula is C12H16O4. The van der Waals surface area contributed by atoms with Crippen LogP contribution in [0.4, 0.5) is 0 Å². The molecule has 1 aromatic rings. The molecule has 0 amide bonds. The third kappa shape index (κ3) is 2.22. The minimum Gasteiger partial charge on any atom is -0.493 e. The van der Waals surface area contributed by atoms with Crippen LogP contribution >= 0.6 is 0 Å². The predicted molar refractivity (Wildman–Crippen MR) is 58.8 cm³/mol. The first-order chi connectivity index (χ1) is 7.70. The largest absolute Gasteiger partial charge is 0.493 e. The van der Waals surface area contributed by atoms with Gasteiger partial charge in [0.2, 0.25) is 6.79 Å². The van der Waals surface area contributed by atoms with Crippen molar-refractivity contribution in [3.05, 3.63) is 17.7 Å². The predicted octanol–water partition coefficient (Wildman–Crippen LogP) is 1.94. The molecule has 1 aliphatic heterocycles. The van der Waals surface area contributed by atoms with E-state index in [1.165, 1.54) is 0 Å². The van der Waals surface area contributed by atoms with Gasteiger partial charge < -0.3 is 19.3 Å². The van der Waals surface area contributed by atoms with E-state index in [1.54, 1.807) is 12.1 Å². The molecule has 4 heteroatoms. The van der Waals surface area contributed by atoms with Gasteiger partial charge in [0, 0.05) is 11.6 Å². The number of hydrogen-bond acceptors (Lipinski definition) is 4. The molecule has 0 saturated heterocycles. The molecule has 0 unspecified atom stereocenters. The highest BCUT2D eigenvalue weighted by Crippen LogP contribution is 2.38. The first kappa shape index (κ1) is 11.1. The molecule has 1 aromatic carbocycles. The van der Waals surface area contributed by atoms with E-state index in [0.29, 0.717) is 29.8 Å². The Morgan fingerprint density at radius 1 is 1.31 bits per heavy atom. The van der Waals surface area contributed by atoms with Gasteiger partial charge in [-0.3, -0.25) is 0 Å². The normalized spacial score (nSPS) is 13.2. The summed E-state index contributed by atoms with van der Waals surface area (Å²) in [5.41, 5.74) is 0.727. The highest BCUT2D eigenvalue weighted by Gasteiger charge is 2.17. The Hall–Kier alpha value is -1.42. The van der Waals surface area contributed by atoms with Gasteiger partial charge in [-0.15, -0.1) is 0 Å². The Kier molecular flexibility index (Phi) is 3.19. The number of fused-ring (bicyclic) bond motifs is 1. The van der Waals surface area contributed by atoms with Crippen molar-refractivity contribution in [1.29, 1.82) is 0 Å². The van der Waals surface area contributed by atoms with Gasteiger partial charge in [0.1, 0.15) is 5.75 Å². The molecule has 0 spiro atoms. The van der Waals surface area contributed by atoms with Crippen molar-refractivity contribution in [2.24, 2.45) is 5.92 Å². The van der Waals surface area contributed by atoms with E-state index < -0.39 is 0 Å². The summed E-state index contributed by atoms with van der Waals surface area (Å²) in [6.45, 7) is 4.93. The average molecular weight is 224 g/mol. The van der Waals surface area contributed by atoms with E-state index in [-0.39, 0.29) is 13.4 Å². The quantitative estimate of drug-likeness (QED) is 0.849. The number of hydrogen-bond donors (Lipinski definition) is 1. The van der Waals surface area contributed by atoms with Crippen molar-refractivity contribution in [1.82, 2.24) is 0 Å². The molecule has 0 aromatic heterocycles. The van der Waals surface area contributed by atoms with E-state index in [2.05, 4.69) is 13.8 Å². The lowest BCUT2D eigenvalue weighted by atomic mass is 10.2. The maximum absolute atomic E-state index is 9.24. The maximum Gasteiger partial charge on any atom is 0.231 e. The molecule has 0 radical (unpaired) electrons. The van der Waals surface area contributed by atoms with Gasteiger partial charge in [0.25, 0.3) is 0 Å². The fraction of sp³-hybridized carbons (Fsp3) is 0.500. The van der Waals surface area contributed by atoms with Crippen molar-refractivity contribution in [3.8, 4) is 17.2 Å². The molecule has 1 N–H and O–H groups in total. The van der Waals surface area contributed by atoms with Crippen LogP contribution in [0.25, 0.3) is 0 Å². The monoisotopic (exact) mass is 224 g/mol. The SMILES string of the molecule is CC(C)COc1cc2c(cc1CO)OCO2. The van der Waals surface area contributed by atoms with Gasteiger partial charge in [0.15, 0.2) is 11.5 Å². The second-order valence-electron chi connectivity index (χ2n) is 4.18. The summed E-state index contributed by atoms with van der Waals surface area (Å²) in [6.07, 6.45) is 0. The molecule has 4 nitrogen and oxygen atoms in total. The van der Waals surface area contributed by atoms with Gasteiger partial charge >= 0.3 is 0 Å². The fourth-order valence-electron chi connectivity index (χ4n) is 1.48. The zero-order valence-electron chi connectivity index (χ0n) is 9.53. The molecule has 0 atom stereocenters. The number of benzene rings is 1. The average Bonchev–Trinajstić information content (AvgIpc) is 2.71. The molecule has 88 valence electrons. The summed E-state index contributed by atoms with van der Waals surface area (Å²) in [5.74, 6) is 2.45. The third-order valence-corrected chi connectivity index (χ3v) is 2.30. The maximum atomic E-state index is 9.24. The van der Waals surface area contributed by atoms with Crippen LogP contribution in [0.2, 0.25) is 0 Å². The van der Waals surface area contributed by atoms with Crippen molar-refractivity contribution < 1.29 is 19.3 Å². The zero-order valence-corrected chi connectivity index (χ0v) is 9.53. The number of aliphatic hydroxyl groups is 1. The van der Waals surface area contributed by atoms with Gasteiger partial charge in [-0.05, 0) is 12.0 Å². The Labute approximate surface area is 94.8 Å². The zero-order chi connectivity index (χ0) is 11.5. The Morgan fingerprint density at radius 3 is 2.62 bits per heavy atom. The summed E-state index contributed by atoms with van der Waals surface area (Å²) in [7, 11) is 0. The number of rotatable bonds is 4. The number of ether oxygens (including phenoxy) is 3. The van der Waals surface area contributed by atoms with Crippen LogP contribution in [0.5, 0.6) is 17.2 Å². The standard InChI is InChI=1S/C12H16O4/c1-8(2)6-14-10-4-12-11(15-7-16-12)3-9(10)5-13/h3-4,8,13H,5-7H2,1-2H3. The van der Waals surface area contributed by atoms with Crippen molar-refractivity contribution >= 4 is 0 Å². The summed E-state index contributed by atoms with van der Waals surface area (Å²) in [4.78, 5) is 0. The third-order valence-electron chi connectivity index (χ3n) is 2.30. The topological polar surface area (TPSA) is 47.9 Å². The summed E-state index contributed by atoms with van der Waals surface area (Å²) >= 11 is 0. The second-order valence-corrected chi connectivity index (χ2v) is 4.18. The van der Waals surface area contributed by atoms with Crippen LogP contribution < -0.4 is 14.2 Å². The minimum absolute atomic E-state index is 0.0654. The van der Waals surface area contributed by atoms with Crippen LogP contribution in [0.1, 0.15) is 19.4 Å². The highest BCUT2D eigenvalue weighted by molar-refractivity contribution is 5.51. The van der Waals surface area contributed by atoms with Gasteiger partial charge in [0.05, 0.1) is 13.2 Å². The first-order valence-electron chi connectivity index (χ1n) is 5.37. The van der Waals surface area contributed by atoms with E-state index in [9.17, 15) is 5.11 Å². The molecule has 2 rings (SSSR count). The lowest BCUT2D eigenvalue weighted by Crippen LogP contribution is -2.06. The molecule has 16 heavy (non-hydrogen) atoms. The second kappa shape index (κ2) is 4.61. The summed E-state index contributed by atoms with van der Waals surface area (Å²) in [6, 6.07) is 3.54. The lowest BCUT2D eigenvalue weighted by molar-refractivity contribution is 0.173. The van der Waals surface area contributed by atoms with E-state index in [4.69, 9.17) is 14.2 Å². The molecular weight excluding hydrogens is 208 g/mol. The van der Waals surface area contributed by atoms with Crippen LogP contribution in [0, 0.1) is 5.92 Å². The molecule has 1 aliphatic rings. The van der Waals surface area contributed by atoms with Crippen LogP contribution in [0.3, 0.4) is 0 Å². The highest BCUT2D eigenvalue weighted by atomic mass is 16.7. The van der Waals surface area contributed by atoms with Crippen molar-refractivity contribution in [2.75, 3.05) is 13.4 Å². The fourth-order valence-corrected chi connectivity index (χ4v) is 1.48. The van der Waals surface area contributed by atoms with Crippen LogP contribution in [0.15, 0.2) is 12.1 Å². The molecule has 0 saturated carbocycles.